The maximum Gasteiger partial charge on any atom is 1.00 e. The van der Waals surface area contributed by atoms with Crippen LogP contribution in [0.1, 0.15) is 161 Å². The van der Waals surface area contributed by atoms with E-state index in [2.05, 4.69) is 29.3 Å². The third-order valence-electron chi connectivity index (χ3n) is 7.17. The number of unbranched alkanes of at least 4 members (excludes halogenated alkanes) is 19. The molecule has 0 rings (SSSR count). The Morgan fingerprint density at radius 3 is 1.35 bits per heavy atom. The number of aliphatic carboxylic acids is 1. The number of amides is 2. The van der Waals surface area contributed by atoms with Gasteiger partial charge in [0.15, 0.2) is 0 Å². The molecule has 0 saturated carbocycles. The van der Waals surface area contributed by atoms with Crippen LogP contribution in [0, 0.1) is 0 Å². The molecule has 0 aromatic carbocycles. The van der Waals surface area contributed by atoms with Crippen LogP contribution < -0.4 is 45.3 Å². The number of hydrogen-bond acceptors (Lipinski definition) is 5. The van der Waals surface area contributed by atoms with Gasteiger partial charge in [0.25, 0.3) is 0 Å². The predicted octanol–water partition coefficient (Wildman–Crippen LogP) is 4.09. The first kappa shape index (κ1) is 41.9. The summed E-state index contributed by atoms with van der Waals surface area (Å²) in [5.74, 6) is 1.31. The van der Waals surface area contributed by atoms with Crippen molar-refractivity contribution in [2.45, 2.75) is 161 Å². The molecule has 0 spiro atoms. The fourth-order valence-electron chi connectivity index (χ4n) is 4.68. The third-order valence-corrected chi connectivity index (χ3v) is 8.32. The number of thioether (sulfide) groups is 1. The Labute approximate surface area is 273 Å². The molecule has 0 aromatic heterocycles. The maximum atomic E-state index is 12.0. The first-order valence-electron chi connectivity index (χ1n) is 16.4. The summed E-state index contributed by atoms with van der Waals surface area (Å²) in [6.45, 7) is 2.66. The standard InChI is InChI=1S/C32H62N2O4S.Na/c1-2-3-4-5-6-7-10-13-17-22-27-39-28-23-18-15-20-24-30(35)33-26-21-16-12-9-8-11-14-19-25-31(36)34-29-32(37)38;/h2-29H2,1H3,(H,33,35)(H,34,36)(H,37,38);/q;+1/p-1. The summed E-state index contributed by atoms with van der Waals surface area (Å²) in [6, 6.07) is 0. The van der Waals surface area contributed by atoms with Crippen LogP contribution in [0.4, 0.5) is 0 Å². The zero-order valence-electron chi connectivity index (χ0n) is 26.3. The molecule has 0 aromatic rings. The first-order valence-corrected chi connectivity index (χ1v) is 17.5. The molecule has 0 fully saturated rings. The number of carboxylic acid groups (broad SMARTS) is 1. The molecule has 0 aliphatic rings. The van der Waals surface area contributed by atoms with Crippen LogP contribution in [0.2, 0.25) is 0 Å². The van der Waals surface area contributed by atoms with Crippen molar-refractivity contribution >= 4 is 29.5 Å². The Hall–Kier alpha value is -0.240. The molecule has 0 aliphatic carbocycles. The van der Waals surface area contributed by atoms with Crippen molar-refractivity contribution in [3.05, 3.63) is 0 Å². The molecule has 0 bridgehead atoms. The molecule has 8 heteroatoms. The van der Waals surface area contributed by atoms with Gasteiger partial charge in [-0.2, -0.15) is 11.8 Å². The van der Waals surface area contributed by atoms with E-state index in [1.807, 2.05) is 0 Å². The smallest absolute Gasteiger partial charge is 0.548 e. The molecular formula is C32H61N2NaO4S. The van der Waals surface area contributed by atoms with Gasteiger partial charge in [0.2, 0.25) is 11.8 Å². The number of carbonyl (C=O) groups is 3. The van der Waals surface area contributed by atoms with E-state index in [0.717, 1.165) is 57.9 Å². The van der Waals surface area contributed by atoms with Crippen LogP contribution in [0.3, 0.4) is 0 Å². The second-order valence-corrected chi connectivity index (χ2v) is 12.3. The molecule has 0 radical (unpaired) electrons. The molecule has 2 amide bonds. The Kier molecular flexibility index (Phi) is 36.6. The van der Waals surface area contributed by atoms with E-state index in [1.165, 1.54) is 101 Å². The van der Waals surface area contributed by atoms with E-state index in [1.54, 1.807) is 0 Å². The van der Waals surface area contributed by atoms with E-state index in [4.69, 9.17) is 0 Å². The van der Waals surface area contributed by atoms with E-state index >= 15 is 0 Å². The topological polar surface area (TPSA) is 98.3 Å². The Morgan fingerprint density at radius 1 is 0.525 bits per heavy atom. The number of carboxylic acids is 1. The minimum atomic E-state index is -1.26. The number of rotatable bonds is 31. The van der Waals surface area contributed by atoms with Crippen LogP contribution >= 0.6 is 11.8 Å². The van der Waals surface area contributed by atoms with Gasteiger partial charge in [0.05, 0.1) is 12.5 Å². The molecule has 0 heterocycles. The number of nitrogens with one attached hydrogen (secondary N) is 2. The average molecular weight is 593 g/mol. The summed E-state index contributed by atoms with van der Waals surface area (Å²) < 4.78 is 0. The van der Waals surface area contributed by atoms with Gasteiger partial charge < -0.3 is 20.5 Å². The molecule has 40 heavy (non-hydrogen) atoms. The van der Waals surface area contributed by atoms with E-state index < -0.39 is 12.5 Å². The van der Waals surface area contributed by atoms with Crippen molar-refractivity contribution in [3.63, 3.8) is 0 Å². The molecule has 2 N–H and O–H groups in total. The fraction of sp³-hybridized carbons (Fsp3) is 0.906. The van der Waals surface area contributed by atoms with Crippen molar-refractivity contribution in [1.29, 1.82) is 0 Å². The molecule has 0 saturated heterocycles. The van der Waals surface area contributed by atoms with Gasteiger partial charge >= 0.3 is 29.6 Å². The van der Waals surface area contributed by atoms with Crippen molar-refractivity contribution in [2.75, 3.05) is 24.6 Å². The fourth-order valence-corrected chi connectivity index (χ4v) is 5.70. The first-order chi connectivity index (χ1) is 19.1. The zero-order chi connectivity index (χ0) is 28.7. The largest absolute Gasteiger partial charge is 1.00 e. The molecule has 0 atom stereocenters. The minimum absolute atomic E-state index is 0. The van der Waals surface area contributed by atoms with Gasteiger partial charge in [-0.25, -0.2) is 0 Å². The van der Waals surface area contributed by atoms with Gasteiger partial charge in [0, 0.05) is 19.4 Å². The Balaban J connectivity index is 0. The average Bonchev–Trinajstić information content (AvgIpc) is 2.92. The summed E-state index contributed by atoms with van der Waals surface area (Å²) in [5.41, 5.74) is 0. The van der Waals surface area contributed by atoms with Crippen LogP contribution in [0.5, 0.6) is 0 Å². The van der Waals surface area contributed by atoms with Crippen molar-refractivity contribution < 1.29 is 49.0 Å². The van der Waals surface area contributed by atoms with Crippen molar-refractivity contribution in [1.82, 2.24) is 10.6 Å². The summed E-state index contributed by atoms with van der Waals surface area (Å²) in [6.07, 6.45) is 28.4. The molecule has 230 valence electrons. The molecular weight excluding hydrogens is 531 g/mol. The summed E-state index contributed by atoms with van der Waals surface area (Å²) >= 11 is 2.11. The third kappa shape index (κ3) is 35.8. The van der Waals surface area contributed by atoms with E-state index in [9.17, 15) is 19.5 Å². The Bertz CT molecular complexity index is 581. The second kappa shape index (κ2) is 35.0. The van der Waals surface area contributed by atoms with Gasteiger partial charge in [-0.15, -0.1) is 0 Å². The van der Waals surface area contributed by atoms with Gasteiger partial charge in [-0.3, -0.25) is 9.59 Å². The van der Waals surface area contributed by atoms with Crippen LogP contribution in [-0.4, -0.2) is 42.4 Å². The predicted molar refractivity (Wildman–Crippen MR) is 165 cm³/mol. The van der Waals surface area contributed by atoms with E-state index in [-0.39, 0.29) is 41.4 Å². The molecule has 0 unspecified atom stereocenters. The molecule has 0 aliphatic heterocycles. The Morgan fingerprint density at radius 2 is 0.900 bits per heavy atom. The quantitative estimate of drug-likeness (QED) is 0.0934. The SMILES string of the molecule is CCCCCCCCCCCCSCCCCCCC(=O)NCCCCCCCCCCC(=O)NCC(=O)[O-].[Na+]. The van der Waals surface area contributed by atoms with Gasteiger partial charge in [-0.1, -0.05) is 116 Å². The summed E-state index contributed by atoms with van der Waals surface area (Å²) in [5, 5.41) is 15.7. The monoisotopic (exact) mass is 592 g/mol. The molecule has 6 nitrogen and oxygen atoms in total. The minimum Gasteiger partial charge on any atom is -0.548 e. The van der Waals surface area contributed by atoms with Gasteiger partial charge in [-0.05, 0) is 43.6 Å². The van der Waals surface area contributed by atoms with Crippen molar-refractivity contribution in [3.8, 4) is 0 Å². The number of hydrogen-bond donors (Lipinski definition) is 2. The summed E-state index contributed by atoms with van der Waals surface area (Å²) in [7, 11) is 0. The van der Waals surface area contributed by atoms with Crippen molar-refractivity contribution in [2.24, 2.45) is 0 Å². The maximum absolute atomic E-state index is 12.0. The zero-order valence-corrected chi connectivity index (χ0v) is 29.2. The second-order valence-electron chi connectivity index (χ2n) is 11.0. The summed E-state index contributed by atoms with van der Waals surface area (Å²) in [4.78, 5) is 33.7. The van der Waals surface area contributed by atoms with Crippen LogP contribution in [0.15, 0.2) is 0 Å². The number of carbonyl (C=O) groups excluding carboxylic acids is 3. The van der Waals surface area contributed by atoms with Crippen LogP contribution in [-0.2, 0) is 14.4 Å². The van der Waals surface area contributed by atoms with Gasteiger partial charge in [0.1, 0.15) is 0 Å². The van der Waals surface area contributed by atoms with Crippen LogP contribution in [0.25, 0.3) is 0 Å². The normalized spacial score (nSPS) is 10.7. The van der Waals surface area contributed by atoms with E-state index in [0.29, 0.717) is 12.8 Å².